The van der Waals surface area contributed by atoms with Gasteiger partial charge in [0, 0.05) is 0 Å². The molecule has 0 saturated carbocycles. The Hall–Kier alpha value is -1.80. The predicted octanol–water partition coefficient (Wildman–Crippen LogP) is 4.14. The van der Waals surface area contributed by atoms with Crippen molar-refractivity contribution in [2.24, 2.45) is 17.1 Å². The first-order valence-electron chi connectivity index (χ1n) is 6.01. The summed E-state index contributed by atoms with van der Waals surface area (Å²) in [5.41, 5.74) is 0.176. The topological polar surface area (TPSA) is 32.7 Å². The molecule has 0 spiro atoms. The fourth-order valence-electron chi connectivity index (χ4n) is 3.48. The summed E-state index contributed by atoms with van der Waals surface area (Å²) in [5, 5.41) is 2.84. The zero-order valence-corrected chi connectivity index (χ0v) is 10.2. The van der Waals surface area contributed by atoms with Crippen molar-refractivity contribution in [2.45, 2.75) is 24.4 Å². The molecule has 1 fully saturated rings. The van der Waals surface area contributed by atoms with Gasteiger partial charge in [0.1, 0.15) is 0 Å². The maximum absolute atomic E-state index is 13.1. The van der Waals surface area contributed by atoms with Gasteiger partial charge in [0.15, 0.2) is 0 Å². The second kappa shape index (κ2) is 4.11. The summed E-state index contributed by atoms with van der Waals surface area (Å²) in [7, 11) is 0. The van der Waals surface area contributed by atoms with Crippen LogP contribution in [0.4, 0.5) is 26.3 Å². The third-order valence-corrected chi connectivity index (χ3v) is 4.12. The number of hydrogen-bond donors (Lipinski definition) is 0. The van der Waals surface area contributed by atoms with E-state index in [4.69, 9.17) is 0 Å². The summed E-state index contributed by atoms with van der Waals surface area (Å²) < 4.78 is 78.8. The molecule has 2 bridgehead atoms. The van der Waals surface area contributed by atoms with Gasteiger partial charge in [0.2, 0.25) is 0 Å². The van der Waals surface area contributed by atoms with Gasteiger partial charge in [-0.15, -0.1) is 4.91 Å². The summed E-state index contributed by atoms with van der Waals surface area (Å²) in [6.07, 6.45) is -10.1. The molecule has 2 aliphatic rings. The first kappa shape index (κ1) is 14.2. The van der Waals surface area contributed by atoms with Gasteiger partial charge >= 0.3 is 12.4 Å². The summed E-state index contributed by atoms with van der Waals surface area (Å²) in [6.45, 7) is 0. The van der Waals surface area contributed by atoms with Gasteiger partial charge in [-0.1, -0.05) is 24.3 Å². The third kappa shape index (κ3) is 1.82. The molecule has 0 aromatic heterocycles. The minimum Gasteiger partial charge on any atom is -0.245 e. The van der Waals surface area contributed by atoms with Crippen LogP contribution in [0.15, 0.2) is 29.6 Å². The quantitative estimate of drug-likeness (QED) is 0.577. The summed E-state index contributed by atoms with van der Waals surface area (Å²) in [5.74, 6) is -5.37. The Morgan fingerprint density at radius 3 is 1.52 bits per heavy atom. The molecular formula is C12H8F6N2O. The van der Waals surface area contributed by atoms with E-state index < -0.39 is 36.3 Å². The molecule has 0 amide bonds. The zero-order chi connectivity index (χ0) is 15.6. The van der Waals surface area contributed by atoms with E-state index in [2.05, 4.69) is 5.29 Å². The van der Waals surface area contributed by atoms with Gasteiger partial charge in [-0.3, -0.25) is 0 Å². The smallest absolute Gasteiger partial charge is 0.245 e. The molecule has 1 saturated heterocycles. The van der Waals surface area contributed by atoms with Crippen molar-refractivity contribution in [1.82, 2.24) is 5.01 Å². The molecule has 9 heteroatoms. The van der Waals surface area contributed by atoms with Crippen LogP contribution in [0.25, 0.3) is 0 Å². The number of benzene rings is 1. The average molecular weight is 310 g/mol. The van der Waals surface area contributed by atoms with Crippen LogP contribution in [-0.2, 0) is 0 Å². The molecule has 21 heavy (non-hydrogen) atoms. The number of fused-ring (bicyclic) bond motifs is 5. The minimum absolute atomic E-state index is 0.0879. The van der Waals surface area contributed by atoms with Crippen molar-refractivity contribution in [3.63, 3.8) is 0 Å². The maximum Gasteiger partial charge on any atom is 0.394 e. The molecule has 2 unspecified atom stereocenters. The molecule has 3 rings (SSSR count). The highest BCUT2D eigenvalue weighted by atomic mass is 19.4. The van der Waals surface area contributed by atoms with Crippen LogP contribution in [0.3, 0.4) is 0 Å². The number of alkyl halides is 6. The van der Waals surface area contributed by atoms with E-state index in [0.717, 1.165) is 0 Å². The van der Waals surface area contributed by atoms with Gasteiger partial charge in [0.05, 0.1) is 29.2 Å². The van der Waals surface area contributed by atoms with Gasteiger partial charge in [-0.05, 0) is 11.1 Å². The van der Waals surface area contributed by atoms with Crippen LogP contribution in [0, 0.1) is 16.7 Å². The molecule has 0 N–H and O–H groups in total. The largest absolute Gasteiger partial charge is 0.394 e. The molecule has 1 aromatic carbocycles. The van der Waals surface area contributed by atoms with Gasteiger partial charge in [0.25, 0.3) is 0 Å². The van der Waals surface area contributed by atoms with Crippen molar-refractivity contribution < 1.29 is 26.3 Å². The summed E-state index contributed by atoms with van der Waals surface area (Å²) in [4.78, 5) is 10.8. The molecular weight excluding hydrogens is 302 g/mol. The van der Waals surface area contributed by atoms with Crippen LogP contribution in [0.1, 0.15) is 23.2 Å². The third-order valence-electron chi connectivity index (χ3n) is 4.12. The first-order valence-corrected chi connectivity index (χ1v) is 6.01. The highest BCUT2D eigenvalue weighted by Gasteiger charge is 2.72. The summed E-state index contributed by atoms with van der Waals surface area (Å²) >= 11 is 0. The van der Waals surface area contributed by atoms with Crippen LogP contribution in [-0.4, -0.2) is 17.4 Å². The lowest BCUT2D eigenvalue weighted by Crippen LogP contribution is -2.41. The molecule has 4 atom stereocenters. The lowest BCUT2D eigenvalue weighted by molar-refractivity contribution is -0.252. The Balaban J connectivity index is 2.21. The van der Waals surface area contributed by atoms with Crippen molar-refractivity contribution in [3.05, 3.63) is 40.3 Å². The van der Waals surface area contributed by atoms with Crippen LogP contribution >= 0.6 is 0 Å². The Labute approximate surface area is 114 Å². The molecule has 0 aliphatic carbocycles. The predicted molar refractivity (Wildman–Crippen MR) is 58.6 cm³/mol. The van der Waals surface area contributed by atoms with E-state index in [0.29, 0.717) is 5.01 Å². The molecule has 1 aromatic rings. The molecule has 114 valence electrons. The van der Waals surface area contributed by atoms with E-state index >= 15 is 0 Å². The van der Waals surface area contributed by atoms with E-state index in [1.54, 1.807) is 0 Å². The van der Waals surface area contributed by atoms with Gasteiger partial charge < -0.3 is 0 Å². The van der Waals surface area contributed by atoms with Crippen molar-refractivity contribution in [2.75, 3.05) is 0 Å². The van der Waals surface area contributed by atoms with E-state index in [9.17, 15) is 31.2 Å². The standard InChI is InChI=1S/C12H8F6N2O/c13-11(14,15)7-8(12(16,17)18)10-6-4-2-1-3-5(6)9(7)20(10)19-21/h1-4,7-10H/t7-,8+,9?,10?. The molecule has 2 aliphatic heterocycles. The SMILES string of the molecule is O=NN1C2c3ccccc3C1[C@H](C(F)(F)F)[C@@H]2C(F)(F)F. The Bertz CT molecular complexity index is 537. The molecule has 3 nitrogen and oxygen atoms in total. The second-order valence-electron chi connectivity index (χ2n) is 5.12. The van der Waals surface area contributed by atoms with Gasteiger partial charge in [-0.2, -0.15) is 26.3 Å². The highest BCUT2D eigenvalue weighted by molar-refractivity contribution is 5.42. The Morgan fingerprint density at radius 2 is 1.24 bits per heavy atom. The zero-order valence-electron chi connectivity index (χ0n) is 10.2. The number of halogens is 6. The van der Waals surface area contributed by atoms with Crippen molar-refractivity contribution >= 4 is 0 Å². The van der Waals surface area contributed by atoms with Crippen LogP contribution < -0.4 is 0 Å². The molecule has 2 heterocycles. The normalized spacial score (nSPS) is 31.4. The lowest BCUT2D eigenvalue weighted by atomic mass is 9.75. The number of nitroso groups, excluding NO2 is 1. The van der Waals surface area contributed by atoms with Crippen molar-refractivity contribution in [3.8, 4) is 0 Å². The number of rotatable bonds is 1. The van der Waals surface area contributed by atoms with Gasteiger partial charge in [-0.25, -0.2) is 5.01 Å². The Kier molecular flexibility index (Phi) is 2.77. The fraction of sp³-hybridized carbons (Fsp3) is 0.500. The maximum atomic E-state index is 13.1. The fourth-order valence-corrected chi connectivity index (χ4v) is 3.48. The van der Waals surface area contributed by atoms with Crippen LogP contribution in [0.5, 0.6) is 0 Å². The average Bonchev–Trinajstić information content (AvgIpc) is 2.87. The molecule has 0 radical (unpaired) electrons. The number of nitrogens with zero attached hydrogens (tertiary/aromatic N) is 2. The van der Waals surface area contributed by atoms with E-state index in [1.807, 2.05) is 0 Å². The highest BCUT2D eigenvalue weighted by Crippen LogP contribution is 2.66. The minimum atomic E-state index is -5.07. The Morgan fingerprint density at radius 1 is 0.857 bits per heavy atom. The summed E-state index contributed by atoms with van der Waals surface area (Å²) in [6, 6.07) is 2.05. The number of hydrogen-bond acceptors (Lipinski definition) is 2. The van der Waals surface area contributed by atoms with Crippen LogP contribution in [0.2, 0.25) is 0 Å². The first-order chi connectivity index (χ1) is 9.68. The second-order valence-corrected chi connectivity index (χ2v) is 5.12. The van der Waals surface area contributed by atoms with E-state index in [1.165, 1.54) is 24.3 Å². The lowest BCUT2D eigenvalue weighted by Gasteiger charge is -2.32. The van der Waals surface area contributed by atoms with Crippen molar-refractivity contribution in [1.29, 1.82) is 0 Å². The van der Waals surface area contributed by atoms with E-state index in [-0.39, 0.29) is 11.1 Å². The monoisotopic (exact) mass is 310 g/mol.